The minimum Gasteiger partial charge on any atom is -0.366 e. The Morgan fingerprint density at radius 1 is 0.786 bits per heavy atom. The minimum absolute atomic E-state index is 0.259. The number of rotatable bonds is 4. The van der Waals surface area contributed by atoms with Crippen molar-refractivity contribution in [3.63, 3.8) is 0 Å². The average molecular weight is 384 g/mol. The highest BCUT2D eigenvalue weighted by atomic mass is 19.4. The van der Waals surface area contributed by atoms with Crippen molar-refractivity contribution in [2.75, 3.05) is 5.32 Å². The number of benzene rings is 3. The molecule has 2 amide bonds. The third-order valence-corrected chi connectivity index (χ3v) is 4.10. The molecule has 3 rings (SSSR count). The van der Waals surface area contributed by atoms with Crippen molar-refractivity contribution in [3.05, 3.63) is 89.5 Å². The largest absolute Gasteiger partial charge is 0.416 e. The molecule has 0 aliphatic carbocycles. The summed E-state index contributed by atoms with van der Waals surface area (Å²) >= 11 is 0. The number of primary amides is 1. The van der Waals surface area contributed by atoms with Crippen molar-refractivity contribution in [1.29, 1.82) is 0 Å². The SMILES string of the molecule is NC(=O)c1ccc(-c2cccc(C(=O)Nc3ccc(C(F)(F)F)cc3)c2)cc1. The zero-order chi connectivity index (χ0) is 20.3. The Balaban J connectivity index is 1.77. The predicted octanol–water partition coefficient (Wildman–Crippen LogP) is 4.72. The molecule has 0 aliphatic rings. The third kappa shape index (κ3) is 4.37. The van der Waals surface area contributed by atoms with Gasteiger partial charge in [0.15, 0.2) is 0 Å². The predicted molar refractivity (Wildman–Crippen MR) is 99.8 cm³/mol. The summed E-state index contributed by atoms with van der Waals surface area (Å²) in [6, 6.07) is 17.6. The molecule has 0 heterocycles. The Labute approximate surface area is 158 Å². The molecule has 0 radical (unpaired) electrons. The van der Waals surface area contributed by atoms with Crippen molar-refractivity contribution in [2.45, 2.75) is 6.18 Å². The van der Waals surface area contributed by atoms with Crippen molar-refractivity contribution >= 4 is 17.5 Å². The second kappa shape index (κ2) is 7.56. The van der Waals surface area contributed by atoms with Crippen LogP contribution in [0.15, 0.2) is 72.8 Å². The van der Waals surface area contributed by atoms with E-state index in [0.717, 1.165) is 23.3 Å². The number of hydrogen-bond donors (Lipinski definition) is 2. The van der Waals surface area contributed by atoms with Gasteiger partial charge in [0.25, 0.3) is 5.91 Å². The summed E-state index contributed by atoms with van der Waals surface area (Å²) in [5.41, 5.74) is 6.94. The van der Waals surface area contributed by atoms with Crippen LogP contribution in [-0.4, -0.2) is 11.8 Å². The Hall–Kier alpha value is -3.61. The molecule has 4 nitrogen and oxygen atoms in total. The van der Waals surface area contributed by atoms with Gasteiger partial charge in [-0.3, -0.25) is 9.59 Å². The van der Waals surface area contributed by atoms with Crippen molar-refractivity contribution < 1.29 is 22.8 Å². The van der Waals surface area contributed by atoms with Crippen LogP contribution in [0, 0.1) is 0 Å². The van der Waals surface area contributed by atoms with Crippen molar-refractivity contribution in [1.82, 2.24) is 0 Å². The lowest BCUT2D eigenvalue weighted by Crippen LogP contribution is -2.12. The van der Waals surface area contributed by atoms with Gasteiger partial charge in [0.05, 0.1) is 5.56 Å². The van der Waals surface area contributed by atoms with Gasteiger partial charge >= 0.3 is 6.18 Å². The van der Waals surface area contributed by atoms with E-state index in [1.54, 1.807) is 48.5 Å². The molecule has 0 atom stereocenters. The molecule has 0 saturated carbocycles. The zero-order valence-corrected chi connectivity index (χ0v) is 14.5. The molecule has 0 spiro atoms. The van der Waals surface area contributed by atoms with E-state index in [2.05, 4.69) is 5.32 Å². The lowest BCUT2D eigenvalue weighted by atomic mass is 10.0. The van der Waals surface area contributed by atoms with Crippen LogP contribution in [0.3, 0.4) is 0 Å². The molecule has 0 unspecified atom stereocenters. The Kier molecular flexibility index (Phi) is 5.17. The summed E-state index contributed by atoms with van der Waals surface area (Å²) in [6.45, 7) is 0. The van der Waals surface area contributed by atoms with Crippen LogP contribution in [0.1, 0.15) is 26.3 Å². The van der Waals surface area contributed by atoms with E-state index in [1.807, 2.05) is 0 Å². The summed E-state index contributed by atoms with van der Waals surface area (Å²) in [5.74, 6) is -0.980. The number of halogens is 3. The fourth-order valence-corrected chi connectivity index (χ4v) is 2.61. The molecule has 3 aromatic carbocycles. The summed E-state index contributed by atoms with van der Waals surface area (Å²) in [7, 11) is 0. The maximum Gasteiger partial charge on any atom is 0.416 e. The summed E-state index contributed by atoms with van der Waals surface area (Å²) < 4.78 is 37.8. The Morgan fingerprint density at radius 3 is 2.00 bits per heavy atom. The summed E-state index contributed by atoms with van der Waals surface area (Å²) in [5, 5.41) is 2.57. The van der Waals surface area contributed by atoms with E-state index in [1.165, 1.54) is 12.1 Å². The number of nitrogens with two attached hydrogens (primary N) is 1. The van der Waals surface area contributed by atoms with Crippen molar-refractivity contribution in [3.8, 4) is 11.1 Å². The first-order chi connectivity index (χ1) is 13.2. The van der Waals surface area contributed by atoms with Crippen molar-refractivity contribution in [2.24, 2.45) is 5.73 Å². The highest BCUT2D eigenvalue weighted by Crippen LogP contribution is 2.30. The molecule has 0 aromatic heterocycles. The van der Waals surface area contributed by atoms with E-state index >= 15 is 0 Å². The topological polar surface area (TPSA) is 72.2 Å². The monoisotopic (exact) mass is 384 g/mol. The smallest absolute Gasteiger partial charge is 0.366 e. The van der Waals surface area contributed by atoms with Crippen LogP contribution >= 0.6 is 0 Å². The molecule has 7 heteroatoms. The normalized spacial score (nSPS) is 11.1. The summed E-state index contributed by atoms with van der Waals surface area (Å²) in [4.78, 5) is 23.6. The van der Waals surface area contributed by atoms with Crippen LogP contribution in [0.25, 0.3) is 11.1 Å². The van der Waals surface area contributed by atoms with Crippen LogP contribution in [-0.2, 0) is 6.18 Å². The molecular weight excluding hydrogens is 369 g/mol. The van der Waals surface area contributed by atoms with Gasteiger partial charge in [0.2, 0.25) is 5.91 Å². The van der Waals surface area contributed by atoms with Crippen LogP contribution in [0.5, 0.6) is 0 Å². The van der Waals surface area contributed by atoms with Gasteiger partial charge in [0.1, 0.15) is 0 Å². The van der Waals surface area contributed by atoms with E-state index in [9.17, 15) is 22.8 Å². The minimum atomic E-state index is -4.43. The number of carbonyl (C=O) groups excluding carboxylic acids is 2. The van der Waals surface area contributed by atoms with Crippen LogP contribution < -0.4 is 11.1 Å². The van der Waals surface area contributed by atoms with Gasteiger partial charge in [-0.1, -0.05) is 24.3 Å². The first-order valence-electron chi connectivity index (χ1n) is 8.23. The molecule has 0 saturated heterocycles. The first-order valence-corrected chi connectivity index (χ1v) is 8.23. The van der Waals surface area contributed by atoms with Gasteiger partial charge in [-0.25, -0.2) is 0 Å². The number of nitrogens with one attached hydrogen (secondary N) is 1. The number of amides is 2. The second-order valence-corrected chi connectivity index (χ2v) is 6.05. The van der Waals surface area contributed by atoms with E-state index in [-0.39, 0.29) is 5.69 Å². The van der Waals surface area contributed by atoms with E-state index in [0.29, 0.717) is 11.1 Å². The van der Waals surface area contributed by atoms with Crippen LogP contribution in [0.4, 0.5) is 18.9 Å². The molecule has 3 N–H and O–H groups in total. The number of anilines is 1. The van der Waals surface area contributed by atoms with Gasteiger partial charge < -0.3 is 11.1 Å². The Bertz CT molecular complexity index is 1010. The lowest BCUT2D eigenvalue weighted by Gasteiger charge is -2.10. The van der Waals surface area contributed by atoms with Gasteiger partial charge in [0, 0.05) is 16.8 Å². The second-order valence-electron chi connectivity index (χ2n) is 6.05. The fourth-order valence-electron chi connectivity index (χ4n) is 2.61. The molecule has 0 aliphatic heterocycles. The molecule has 28 heavy (non-hydrogen) atoms. The quantitative estimate of drug-likeness (QED) is 0.683. The maximum absolute atomic E-state index is 12.6. The zero-order valence-electron chi connectivity index (χ0n) is 14.5. The maximum atomic E-state index is 12.6. The third-order valence-electron chi connectivity index (χ3n) is 4.10. The molecular formula is C21H15F3N2O2. The van der Waals surface area contributed by atoms with E-state index < -0.39 is 23.6 Å². The first kappa shape index (κ1) is 19.2. The Morgan fingerprint density at radius 2 is 1.43 bits per heavy atom. The average Bonchev–Trinajstić information content (AvgIpc) is 2.68. The summed E-state index contributed by atoms with van der Waals surface area (Å²) in [6.07, 6.45) is -4.43. The fraction of sp³-hybridized carbons (Fsp3) is 0.0476. The highest BCUT2D eigenvalue weighted by Gasteiger charge is 2.30. The van der Waals surface area contributed by atoms with Gasteiger partial charge in [-0.2, -0.15) is 13.2 Å². The molecule has 142 valence electrons. The lowest BCUT2D eigenvalue weighted by molar-refractivity contribution is -0.137. The van der Waals surface area contributed by atoms with Crippen LogP contribution in [0.2, 0.25) is 0 Å². The van der Waals surface area contributed by atoms with Gasteiger partial charge in [-0.15, -0.1) is 0 Å². The van der Waals surface area contributed by atoms with E-state index in [4.69, 9.17) is 5.73 Å². The van der Waals surface area contributed by atoms with Gasteiger partial charge in [-0.05, 0) is 59.7 Å². The number of carbonyl (C=O) groups is 2. The molecule has 3 aromatic rings. The highest BCUT2D eigenvalue weighted by molar-refractivity contribution is 6.05. The number of hydrogen-bond acceptors (Lipinski definition) is 2. The molecule has 0 fully saturated rings. The molecule has 0 bridgehead atoms. The number of alkyl halides is 3. The standard InChI is InChI=1S/C21H15F3N2O2/c22-21(23,24)17-8-10-18(11-9-17)26-20(28)16-3-1-2-15(12-16)13-4-6-14(7-5-13)19(25)27/h1-12H,(H2,25,27)(H,26,28).